The van der Waals surface area contributed by atoms with Crippen molar-refractivity contribution in [3.05, 3.63) is 34.3 Å². The molecule has 0 aliphatic heterocycles. The summed E-state index contributed by atoms with van der Waals surface area (Å²) in [5.74, 6) is -1.22. The van der Waals surface area contributed by atoms with Gasteiger partial charge >= 0.3 is 5.97 Å². The third kappa shape index (κ3) is 4.36. The molecule has 1 aliphatic carbocycles. The molecule has 1 unspecified atom stereocenters. The van der Waals surface area contributed by atoms with Gasteiger partial charge in [0.1, 0.15) is 6.04 Å². The summed E-state index contributed by atoms with van der Waals surface area (Å²) in [5, 5.41) is 12.1. The van der Waals surface area contributed by atoms with Gasteiger partial charge in [0, 0.05) is 24.6 Å². The summed E-state index contributed by atoms with van der Waals surface area (Å²) in [6, 6.07) is 6.85. The average molecular weight is 398 g/mol. The Morgan fingerprint density at radius 1 is 1.33 bits per heavy atom. The van der Waals surface area contributed by atoms with Gasteiger partial charge in [-0.1, -0.05) is 47.3 Å². The minimum atomic E-state index is -1.03. The van der Waals surface area contributed by atoms with E-state index in [9.17, 15) is 14.7 Å². The number of amides is 1. The Morgan fingerprint density at radius 2 is 2.04 bits per heavy atom. The van der Waals surface area contributed by atoms with Crippen LogP contribution in [-0.4, -0.2) is 36.7 Å². The number of carbonyl (C=O) groups is 2. The highest BCUT2D eigenvalue weighted by Gasteiger charge is 2.42. The molecule has 0 spiro atoms. The smallest absolute Gasteiger partial charge is 0.326 e. The maximum Gasteiger partial charge on any atom is 0.326 e. The second kappa shape index (κ2) is 8.62. The van der Waals surface area contributed by atoms with Crippen molar-refractivity contribution in [3.8, 4) is 0 Å². The Balaban J connectivity index is 2.26. The summed E-state index contributed by atoms with van der Waals surface area (Å²) >= 11 is 3.47. The summed E-state index contributed by atoms with van der Waals surface area (Å²) in [7, 11) is 1.52. The highest BCUT2D eigenvalue weighted by Crippen LogP contribution is 2.40. The van der Waals surface area contributed by atoms with Crippen LogP contribution in [0.3, 0.4) is 0 Å². The van der Waals surface area contributed by atoms with Crippen LogP contribution in [-0.2, 0) is 19.7 Å². The van der Waals surface area contributed by atoms with Crippen LogP contribution >= 0.6 is 15.9 Å². The van der Waals surface area contributed by atoms with Crippen LogP contribution in [0.5, 0.6) is 0 Å². The van der Waals surface area contributed by atoms with E-state index in [2.05, 4.69) is 21.2 Å². The Labute approximate surface area is 150 Å². The van der Waals surface area contributed by atoms with Gasteiger partial charge in [-0.15, -0.1) is 0 Å². The molecular formula is C18H24BrNO4. The number of hydrogen-bond donors (Lipinski definition) is 2. The summed E-state index contributed by atoms with van der Waals surface area (Å²) in [5.41, 5.74) is 0.299. The summed E-state index contributed by atoms with van der Waals surface area (Å²) < 4.78 is 5.88. The number of ether oxygens (including phenoxy) is 1. The summed E-state index contributed by atoms with van der Waals surface area (Å²) in [6.45, 7) is 0.293. The molecule has 1 saturated carbocycles. The maximum absolute atomic E-state index is 13.1. The second-order valence-electron chi connectivity index (χ2n) is 6.30. The number of halogens is 1. The molecule has 6 heteroatoms. The van der Waals surface area contributed by atoms with Crippen molar-refractivity contribution >= 4 is 27.8 Å². The lowest BCUT2D eigenvalue weighted by molar-refractivity contribution is -0.143. The van der Waals surface area contributed by atoms with E-state index < -0.39 is 17.4 Å². The van der Waals surface area contributed by atoms with Crippen molar-refractivity contribution in [1.29, 1.82) is 0 Å². The van der Waals surface area contributed by atoms with Gasteiger partial charge in [-0.3, -0.25) is 4.79 Å². The molecular weight excluding hydrogens is 374 g/mol. The van der Waals surface area contributed by atoms with Gasteiger partial charge in [-0.25, -0.2) is 4.79 Å². The molecule has 0 bridgehead atoms. The first kappa shape index (κ1) is 18.9. The van der Waals surface area contributed by atoms with Crippen LogP contribution in [0.4, 0.5) is 0 Å². The topological polar surface area (TPSA) is 75.6 Å². The number of hydrogen-bond acceptors (Lipinski definition) is 3. The minimum absolute atomic E-state index is 0.191. The lowest BCUT2D eigenvalue weighted by Crippen LogP contribution is -2.51. The van der Waals surface area contributed by atoms with Gasteiger partial charge in [-0.2, -0.15) is 0 Å². The molecule has 2 N–H and O–H groups in total. The van der Waals surface area contributed by atoms with Gasteiger partial charge < -0.3 is 15.2 Å². The van der Waals surface area contributed by atoms with Gasteiger partial charge in [-0.05, 0) is 30.5 Å². The van der Waals surface area contributed by atoms with Crippen LogP contribution in [0.15, 0.2) is 28.7 Å². The van der Waals surface area contributed by atoms with E-state index in [1.807, 2.05) is 24.3 Å². The largest absolute Gasteiger partial charge is 0.480 e. The zero-order valence-electron chi connectivity index (χ0n) is 13.9. The SMILES string of the molecule is COCCC(NC(=O)C1(c2cccc(Br)c2)CCCCC1)C(=O)O. The van der Waals surface area contributed by atoms with Crippen molar-refractivity contribution in [2.45, 2.75) is 50.0 Å². The molecule has 5 nitrogen and oxygen atoms in total. The fourth-order valence-corrected chi connectivity index (χ4v) is 3.78. The molecule has 1 amide bonds. The minimum Gasteiger partial charge on any atom is -0.480 e. The number of carboxylic acids is 1. The van der Waals surface area contributed by atoms with Crippen LogP contribution in [0.2, 0.25) is 0 Å². The second-order valence-corrected chi connectivity index (χ2v) is 7.21. The highest BCUT2D eigenvalue weighted by molar-refractivity contribution is 9.10. The van der Waals surface area contributed by atoms with E-state index in [1.165, 1.54) is 7.11 Å². The van der Waals surface area contributed by atoms with E-state index >= 15 is 0 Å². The molecule has 1 fully saturated rings. The van der Waals surface area contributed by atoms with Crippen LogP contribution < -0.4 is 5.32 Å². The number of methoxy groups -OCH3 is 1. The monoisotopic (exact) mass is 397 g/mol. The van der Waals surface area contributed by atoms with Crippen LogP contribution in [0.25, 0.3) is 0 Å². The third-order valence-electron chi connectivity index (χ3n) is 4.73. The Hall–Kier alpha value is -1.40. The number of carbonyl (C=O) groups excluding carboxylic acids is 1. The normalized spacial score (nSPS) is 17.9. The van der Waals surface area contributed by atoms with Gasteiger partial charge in [0.2, 0.25) is 5.91 Å². The zero-order valence-corrected chi connectivity index (χ0v) is 15.5. The van der Waals surface area contributed by atoms with Crippen molar-refractivity contribution in [2.75, 3.05) is 13.7 Å². The Morgan fingerprint density at radius 3 is 2.62 bits per heavy atom. The Bertz CT molecular complexity index is 584. The summed E-state index contributed by atoms with van der Waals surface area (Å²) in [6.07, 6.45) is 4.78. The molecule has 2 rings (SSSR count). The van der Waals surface area contributed by atoms with E-state index in [4.69, 9.17) is 4.74 Å². The first-order valence-electron chi connectivity index (χ1n) is 8.28. The standard InChI is InChI=1S/C18H24BrNO4/c1-24-11-8-15(16(21)22)20-17(23)18(9-3-2-4-10-18)13-6-5-7-14(19)12-13/h5-7,12,15H,2-4,8-11H2,1H3,(H,20,23)(H,21,22). The molecule has 1 aromatic carbocycles. The lowest BCUT2D eigenvalue weighted by Gasteiger charge is -2.37. The molecule has 0 saturated heterocycles. The van der Waals surface area contributed by atoms with Crippen LogP contribution in [0.1, 0.15) is 44.1 Å². The van der Waals surface area contributed by atoms with E-state index in [-0.39, 0.29) is 12.3 Å². The number of aliphatic carboxylic acids is 1. The number of carboxylic acid groups (broad SMARTS) is 1. The molecule has 1 atom stereocenters. The van der Waals surface area contributed by atoms with E-state index in [0.29, 0.717) is 6.61 Å². The predicted molar refractivity (Wildman–Crippen MR) is 95.0 cm³/mol. The highest BCUT2D eigenvalue weighted by atomic mass is 79.9. The molecule has 0 radical (unpaired) electrons. The molecule has 132 valence electrons. The zero-order chi connectivity index (χ0) is 17.6. The number of nitrogens with one attached hydrogen (secondary N) is 1. The Kier molecular flexibility index (Phi) is 6.80. The lowest BCUT2D eigenvalue weighted by atomic mass is 9.68. The van der Waals surface area contributed by atoms with Crippen LogP contribution in [0, 0.1) is 0 Å². The van der Waals surface area contributed by atoms with E-state index in [0.717, 1.165) is 42.1 Å². The molecule has 1 aliphatic rings. The van der Waals surface area contributed by atoms with Crippen molar-refractivity contribution in [1.82, 2.24) is 5.32 Å². The third-order valence-corrected chi connectivity index (χ3v) is 5.23. The summed E-state index contributed by atoms with van der Waals surface area (Å²) in [4.78, 5) is 24.5. The number of benzene rings is 1. The van der Waals surface area contributed by atoms with Crippen molar-refractivity contribution in [2.24, 2.45) is 0 Å². The molecule has 24 heavy (non-hydrogen) atoms. The first-order valence-corrected chi connectivity index (χ1v) is 9.07. The molecule has 0 heterocycles. The fraction of sp³-hybridized carbons (Fsp3) is 0.556. The molecule has 1 aromatic rings. The number of rotatable bonds is 7. The van der Waals surface area contributed by atoms with Crippen molar-refractivity contribution < 1.29 is 19.4 Å². The van der Waals surface area contributed by atoms with Gasteiger partial charge in [0.05, 0.1) is 5.41 Å². The van der Waals surface area contributed by atoms with Gasteiger partial charge in [0.25, 0.3) is 0 Å². The van der Waals surface area contributed by atoms with Crippen molar-refractivity contribution in [3.63, 3.8) is 0 Å². The maximum atomic E-state index is 13.1. The first-order chi connectivity index (χ1) is 11.5. The fourth-order valence-electron chi connectivity index (χ4n) is 3.38. The average Bonchev–Trinajstić information content (AvgIpc) is 2.58. The molecule has 0 aromatic heterocycles. The predicted octanol–water partition coefficient (Wildman–Crippen LogP) is 3.26. The van der Waals surface area contributed by atoms with Gasteiger partial charge in [0.15, 0.2) is 0 Å². The quantitative estimate of drug-likeness (QED) is 0.740. The van der Waals surface area contributed by atoms with E-state index in [1.54, 1.807) is 0 Å².